The van der Waals surface area contributed by atoms with Crippen molar-refractivity contribution in [3.63, 3.8) is 0 Å². The third-order valence-electron chi connectivity index (χ3n) is 1.33. The van der Waals surface area contributed by atoms with Crippen LogP contribution in [-0.4, -0.2) is 18.8 Å². The summed E-state index contributed by atoms with van der Waals surface area (Å²) < 4.78 is 10.7. The molecule has 5 heteroatoms. The van der Waals surface area contributed by atoms with Gasteiger partial charge < -0.3 is 9.05 Å². The Balaban J connectivity index is 2.58. The lowest BCUT2D eigenvalue weighted by molar-refractivity contribution is 0.263. The first-order valence-electron chi connectivity index (χ1n) is 3.66. The fourth-order valence-electron chi connectivity index (χ4n) is 0.921. The van der Waals surface area contributed by atoms with E-state index in [9.17, 15) is 0 Å². The molecule has 1 rings (SSSR count). The van der Waals surface area contributed by atoms with E-state index >= 15 is 0 Å². The highest BCUT2D eigenvalue weighted by atomic mass is 32.5. The summed E-state index contributed by atoms with van der Waals surface area (Å²) in [6.45, 7) is 5.18. The van der Waals surface area contributed by atoms with Gasteiger partial charge in [0.15, 0.2) is 0 Å². The molecule has 0 saturated carbocycles. The fraction of sp³-hybridized carbons (Fsp3) is 1.00. The van der Waals surface area contributed by atoms with E-state index < -0.39 is 6.64 Å². The summed E-state index contributed by atoms with van der Waals surface area (Å²) in [6, 6.07) is 0. The standard InChI is InChI=1S/C6H14NO2PS/c1-4-8-10(11)7-6(2,3)5-9-10/h4-5H2,1-3H3,(H,7,11). The lowest BCUT2D eigenvalue weighted by Crippen LogP contribution is -2.33. The molecule has 1 atom stereocenters. The summed E-state index contributed by atoms with van der Waals surface area (Å²) in [5, 5.41) is 3.19. The molecule has 1 heterocycles. The molecule has 1 aliphatic heterocycles. The van der Waals surface area contributed by atoms with Crippen LogP contribution in [0.3, 0.4) is 0 Å². The number of hydrogen-bond acceptors (Lipinski definition) is 3. The SMILES string of the molecule is CCOP1(=S)NC(C)(C)CO1. The molecule has 0 radical (unpaired) electrons. The van der Waals surface area contributed by atoms with Gasteiger partial charge in [-0.25, -0.2) is 5.09 Å². The lowest BCUT2D eigenvalue weighted by atomic mass is 10.1. The largest absolute Gasteiger partial charge is 0.318 e. The Hall–Kier alpha value is 0.530. The molecule has 0 bridgehead atoms. The summed E-state index contributed by atoms with van der Waals surface area (Å²) in [5.74, 6) is 0. The van der Waals surface area contributed by atoms with Crippen molar-refractivity contribution >= 4 is 18.4 Å². The minimum atomic E-state index is -2.11. The van der Waals surface area contributed by atoms with Crippen LogP contribution in [0.15, 0.2) is 0 Å². The molecule has 1 fully saturated rings. The quantitative estimate of drug-likeness (QED) is 0.679. The van der Waals surface area contributed by atoms with Crippen LogP contribution in [0.5, 0.6) is 0 Å². The maximum atomic E-state index is 5.39. The van der Waals surface area contributed by atoms with Gasteiger partial charge in [0, 0.05) is 5.54 Å². The van der Waals surface area contributed by atoms with E-state index in [1.54, 1.807) is 0 Å². The van der Waals surface area contributed by atoms with E-state index in [1.807, 2.05) is 6.92 Å². The van der Waals surface area contributed by atoms with Crippen molar-refractivity contribution in [2.45, 2.75) is 26.3 Å². The van der Waals surface area contributed by atoms with Gasteiger partial charge in [-0.1, -0.05) is 0 Å². The van der Waals surface area contributed by atoms with Crippen molar-refractivity contribution in [1.29, 1.82) is 0 Å². The number of rotatable bonds is 2. The van der Waals surface area contributed by atoms with Crippen LogP contribution in [0.2, 0.25) is 0 Å². The molecule has 0 amide bonds. The second kappa shape index (κ2) is 3.11. The van der Waals surface area contributed by atoms with Crippen molar-refractivity contribution in [2.24, 2.45) is 0 Å². The van der Waals surface area contributed by atoms with Gasteiger partial charge in [-0.3, -0.25) is 0 Å². The van der Waals surface area contributed by atoms with Crippen molar-refractivity contribution < 1.29 is 9.05 Å². The zero-order valence-corrected chi connectivity index (χ0v) is 8.80. The molecule has 66 valence electrons. The Morgan fingerprint density at radius 1 is 1.73 bits per heavy atom. The minimum Gasteiger partial charge on any atom is -0.318 e. The van der Waals surface area contributed by atoms with Gasteiger partial charge in [0.25, 0.3) is 6.64 Å². The second-order valence-corrected chi connectivity index (χ2v) is 6.36. The molecule has 1 saturated heterocycles. The van der Waals surface area contributed by atoms with Crippen molar-refractivity contribution in [1.82, 2.24) is 5.09 Å². The Morgan fingerprint density at radius 2 is 2.36 bits per heavy atom. The summed E-state index contributed by atoms with van der Waals surface area (Å²) >= 11 is 5.17. The zero-order chi connectivity index (χ0) is 8.54. The number of hydrogen-bond donors (Lipinski definition) is 1. The Bertz CT molecular complexity index is 195. The third-order valence-corrected chi connectivity index (χ3v) is 4.19. The molecule has 0 aliphatic carbocycles. The van der Waals surface area contributed by atoms with Crippen LogP contribution < -0.4 is 5.09 Å². The van der Waals surface area contributed by atoms with Crippen LogP contribution in [0.4, 0.5) is 0 Å². The number of nitrogens with one attached hydrogen (secondary N) is 1. The average Bonchev–Trinajstić information content (AvgIpc) is 2.07. The van der Waals surface area contributed by atoms with Crippen molar-refractivity contribution in [3.05, 3.63) is 0 Å². The van der Waals surface area contributed by atoms with Crippen molar-refractivity contribution in [3.8, 4) is 0 Å². The first kappa shape index (κ1) is 9.62. The maximum absolute atomic E-state index is 5.39. The highest BCUT2D eigenvalue weighted by Crippen LogP contribution is 2.51. The fourth-order valence-corrected chi connectivity index (χ4v) is 3.98. The highest BCUT2D eigenvalue weighted by molar-refractivity contribution is 8.09. The molecule has 3 nitrogen and oxygen atoms in total. The topological polar surface area (TPSA) is 30.5 Å². The van der Waals surface area contributed by atoms with E-state index in [0.29, 0.717) is 13.2 Å². The van der Waals surface area contributed by atoms with E-state index in [2.05, 4.69) is 18.9 Å². The Labute approximate surface area is 72.7 Å². The highest BCUT2D eigenvalue weighted by Gasteiger charge is 2.36. The maximum Gasteiger partial charge on any atom is 0.261 e. The molecule has 11 heavy (non-hydrogen) atoms. The van der Waals surface area contributed by atoms with Gasteiger partial charge in [-0.15, -0.1) is 0 Å². The summed E-state index contributed by atoms with van der Waals surface area (Å²) in [4.78, 5) is 0. The molecule has 0 aromatic heterocycles. The Kier molecular flexibility index (Phi) is 2.72. The van der Waals surface area contributed by atoms with Crippen LogP contribution in [0.1, 0.15) is 20.8 Å². The van der Waals surface area contributed by atoms with E-state index in [-0.39, 0.29) is 5.54 Å². The van der Waals surface area contributed by atoms with E-state index in [1.165, 1.54) is 0 Å². The van der Waals surface area contributed by atoms with Gasteiger partial charge >= 0.3 is 0 Å². The van der Waals surface area contributed by atoms with Crippen LogP contribution in [-0.2, 0) is 20.9 Å². The minimum absolute atomic E-state index is 0.0231. The monoisotopic (exact) mass is 195 g/mol. The van der Waals surface area contributed by atoms with Gasteiger partial charge in [0.05, 0.1) is 13.2 Å². The predicted molar refractivity (Wildman–Crippen MR) is 49.1 cm³/mol. The van der Waals surface area contributed by atoms with Gasteiger partial charge in [0.2, 0.25) is 0 Å². The third kappa shape index (κ3) is 2.49. The second-order valence-electron chi connectivity index (χ2n) is 3.18. The molecular weight excluding hydrogens is 181 g/mol. The van der Waals surface area contributed by atoms with Gasteiger partial charge in [-0.2, -0.15) is 0 Å². The van der Waals surface area contributed by atoms with Crippen molar-refractivity contribution in [2.75, 3.05) is 13.2 Å². The lowest BCUT2D eigenvalue weighted by Gasteiger charge is -2.18. The molecular formula is C6H14NO2PS. The smallest absolute Gasteiger partial charge is 0.261 e. The van der Waals surface area contributed by atoms with Gasteiger partial charge in [0.1, 0.15) is 0 Å². The van der Waals surface area contributed by atoms with Crippen LogP contribution >= 0.6 is 6.64 Å². The van der Waals surface area contributed by atoms with E-state index in [4.69, 9.17) is 20.9 Å². The predicted octanol–water partition coefficient (Wildman–Crippen LogP) is 1.65. The first-order valence-corrected chi connectivity index (χ1v) is 6.30. The molecule has 0 spiro atoms. The zero-order valence-electron chi connectivity index (χ0n) is 7.09. The summed E-state index contributed by atoms with van der Waals surface area (Å²) in [7, 11) is 0. The molecule has 0 aromatic rings. The molecule has 1 aliphatic rings. The summed E-state index contributed by atoms with van der Waals surface area (Å²) in [5.41, 5.74) is -0.0231. The van der Waals surface area contributed by atoms with Crippen LogP contribution in [0.25, 0.3) is 0 Å². The molecule has 0 aromatic carbocycles. The van der Waals surface area contributed by atoms with E-state index in [0.717, 1.165) is 0 Å². The first-order chi connectivity index (χ1) is 4.97. The average molecular weight is 195 g/mol. The summed E-state index contributed by atoms with van der Waals surface area (Å²) in [6.07, 6.45) is 0. The molecule has 1 unspecified atom stereocenters. The molecule has 1 N–H and O–H groups in total. The normalized spacial score (nSPS) is 35.9. The Morgan fingerprint density at radius 3 is 2.73 bits per heavy atom. The van der Waals surface area contributed by atoms with Gasteiger partial charge in [-0.05, 0) is 32.6 Å². The van der Waals surface area contributed by atoms with Crippen LogP contribution in [0, 0.1) is 0 Å².